The van der Waals surface area contributed by atoms with Gasteiger partial charge in [-0.3, -0.25) is 14.6 Å². The van der Waals surface area contributed by atoms with Crippen LogP contribution in [0, 0.1) is 5.92 Å². The Morgan fingerprint density at radius 1 is 1.22 bits per heavy atom. The number of carbonyl (C=O) groups excluding carboxylic acids is 2. The van der Waals surface area contributed by atoms with Crippen molar-refractivity contribution in [2.75, 3.05) is 18.8 Å². The summed E-state index contributed by atoms with van der Waals surface area (Å²) in [6.07, 6.45) is 6.56. The van der Waals surface area contributed by atoms with E-state index < -0.39 is 0 Å². The lowest BCUT2D eigenvalue weighted by molar-refractivity contribution is -0.129. The normalized spacial score (nSPS) is 15.6. The summed E-state index contributed by atoms with van der Waals surface area (Å²) in [4.78, 5) is 35.5. The molecule has 23 heavy (non-hydrogen) atoms. The largest absolute Gasteiger partial charge is 0.342 e. The van der Waals surface area contributed by atoms with Crippen LogP contribution in [0.25, 0.3) is 0 Å². The summed E-state index contributed by atoms with van der Waals surface area (Å²) >= 11 is 2.91. The number of thioether (sulfide) groups is 1. The van der Waals surface area contributed by atoms with Crippen LogP contribution in [0.15, 0.2) is 41.0 Å². The maximum Gasteiger partial charge on any atom is 0.232 e. The molecule has 0 spiro atoms. The molecular weight excluding hydrogens is 330 g/mol. The van der Waals surface area contributed by atoms with Crippen molar-refractivity contribution in [2.24, 2.45) is 5.92 Å². The Morgan fingerprint density at radius 2 is 1.96 bits per heavy atom. The summed E-state index contributed by atoms with van der Waals surface area (Å²) in [6, 6.07) is 3.80. The third-order valence-corrected chi connectivity index (χ3v) is 5.66. The zero-order chi connectivity index (χ0) is 16.1. The van der Waals surface area contributed by atoms with E-state index in [1.807, 2.05) is 22.4 Å². The van der Waals surface area contributed by atoms with Crippen molar-refractivity contribution in [1.82, 2.24) is 14.9 Å². The molecule has 1 fully saturated rings. The van der Waals surface area contributed by atoms with E-state index in [1.165, 1.54) is 23.1 Å². The first-order chi connectivity index (χ1) is 11.2. The van der Waals surface area contributed by atoms with Crippen LogP contribution in [0.2, 0.25) is 0 Å². The van der Waals surface area contributed by atoms with Crippen molar-refractivity contribution in [3.63, 3.8) is 0 Å². The van der Waals surface area contributed by atoms with E-state index in [9.17, 15) is 9.59 Å². The first-order valence-electron chi connectivity index (χ1n) is 7.48. The quantitative estimate of drug-likeness (QED) is 0.615. The number of hydrogen-bond donors (Lipinski definition) is 0. The number of piperidine rings is 1. The summed E-state index contributed by atoms with van der Waals surface area (Å²) in [5, 5.41) is 2.41. The van der Waals surface area contributed by atoms with E-state index in [0.29, 0.717) is 23.8 Å². The molecule has 0 N–H and O–H groups in total. The Bertz CT molecular complexity index is 653. The highest BCUT2D eigenvalue weighted by atomic mass is 32.2. The summed E-state index contributed by atoms with van der Waals surface area (Å²) in [7, 11) is 0. The first-order valence-corrected chi connectivity index (χ1v) is 9.35. The zero-order valence-corrected chi connectivity index (χ0v) is 14.2. The summed E-state index contributed by atoms with van der Waals surface area (Å²) in [5.74, 6) is 0.679. The average molecular weight is 347 g/mol. The summed E-state index contributed by atoms with van der Waals surface area (Å²) < 4.78 is 0. The molecule has 1 aliphatic heterocycles. The first kappa shape index (κ1) is 16.1. The second-order valence-corrected chi connectivity index (χ2v) is 7.27. The van der Waals surface area contributed by atoms with Gasteiger partial charge in [0, 0.05) is 47.9 Å². The van der Waals surface area contributed by atoms with Gasteiger partial charge in [0.25, 0.3) is 0 Å². The average Bonchev–Trinajstić information content (AvgIpc) is 3.15. The maximum atomic E-state index is 12.3. The van der Waals surface area contributed by atoms with Gasteiger partial charge in [-0.2, -0.15) is 0 Å². The molecule has 0 aliphatic carbocycles. The Morgan fingerprint density at radius 3 is 2.61 bits per heavy atom. The molecule has 0 unspecified atom stereocenters. The Kier molecular flexibility index (Phi) is 5.40. The number of carbonyl (C=O) groups is 2. The number of Topliss-reactive ketones (excluding diaryl/α,β-unsaturated/α-hetero) is 1. The van der Waals surface area contributed by atoms with Gasteiger partial charge in [-0.25, -0.2) is 4.98 Å². The molecule has 2 aromatic rings. The smallest absolute Gasteiger partial charge is 0.232 e. The van der Waals surface area contributed by atoms with Gasteiger partial charge in [0.2, 0.25) is 5.91 Å². The van der Waals surface area contributed by atoms with E-state index in [-0.39, 0.29) is 17.6 Å². The van der Waals surface area contributed by atoms with E-state index in [0.717, 1.165) is 17.7 Å². The van der Waals surface area contributed by atoms with E-state index in [2.05, 4.69) is 9.97 Å². The fourth-order valence-corrected chi connectivity index (χ4v) is 4.02. The molecule has 3 heterocycles. The summed E-state index contributed by atoms with van der Waals surface area (Å²) in [6.45, 7) is 1.30. The van der Waals surface area contributed by atoms with Gasteiger partial charge in [0.1, 0.15) is 0 Å². The van der Waals surface area contributed by atoms with Crippen LogP contribution in [0.5, 0.6) is 0 Å². The molecule has 5 nitrogen and oxygen atoms in total. The van der Waals surface area contributed by atoms with E-state index in [4.69, 9.17) is 0 Å². The fourth-order valence-electron chi connectivity index (χ4n) is 2.58. The number of rotatable bonds is 5. The number of thiazole rings is 1. The minimum absolute atomic E-state index is 0.00180. The van der Waals surface area contributed by atoms with Gasteiger partial charge in [-0.15, -0.1) is 23.1 Å². The minimum Gasteiger partial charge on any atom is -0.342 e. The molecule has 2 aromatic heterocycles. The molecule has 1 saturated heterocycles. The number of likely N-dealkylation sites (tertiary alicyclic amines) is 1. The van der Waals surface area contributed by atoms with Crippen LogP contribution in [0.1, 0.15) is 22.6 Å². The number of aromatic nitrogens is 2. The Hall–Kier alpha value is -1.73. The predicted molar refractivity (Wildman–Crippen MR) is 90.7 cm³/mol. The third-order valence-electron chi connectivity index (χ3n) is 3.87. The molecule has 1 amide bonds. The van der Waals surface area contributed by atoms with Crippen molar-refractivity contribution in [3.05, 3.63) is 41.1 Å². The standard InChI is InChI=1S/C16H17N3O2S2/c20-14(11-23-13-1-5-17-6-2-13)19-8-3-12(4-9-19)15(21)16-18-7-10-22-16/h1-2,5-7,10,12H,3-4,8-9,11H2. The van der Waals surface area contributed by atoms with Crippen LogP contribution >= 0.6 is 23.1 Å². The van der Waals surface area contributed by atoms with Gasteiger partial charge in [0.15, 0.2) is 10.8 Å². The van der Waals surface area contributed by atoms with Gasteiger partial charge in [-0.05, 0) is 25.0 Å². The fraction of sp³-hybridized carbons (Fsp3) is 0.375. The van der Waals surface area contributed by atoms with Crippen LogP contribution in [-0.4, -0.2) is 45.4 Å². The second kappa shape index (κ2) is 7.70. The van der Waals surface area contributed by atoms with Crippen molar-refractivity contribution >= 4 is 34.8 Å². The van der Waals surface area contributed by atoms with Crippen molar-refractivity contribution in [1.29, 1.82) is 0 Å². The predicted octanol–water partition coefficient (Wildman–Crippen LogP) is 2.75. The molecule has 0 radical (unpaired) electrons. The van der Waals surface area contributed by atoms with E-state index in [1.54, 1.807) is 18.6 Å². The minimum atomic E-state index is -0.00180. The number of ketones is 1. The van der Waals surface area contributed by atoms with E-state index >= 15 is 0 Å². The van der Waals surface area contributed by atoms with Crippen molar-refractivity contribution in [2.45, 2.75) is 17.7 Å². The van der Waals surface area contributed by atoms with Gasteiger partial charge < -0.3 is 4.90 Å². The lowest BCUT2D eigenvalue weighted by atomic mass is 9.93. The zero-order valence-electron chi connectivity index (χ0n) is 12.6. The van der Waals surface area contributed by atoms with Crippen LogP contribution < -0.4 is 0 Å². The number of hydrogen-bond acceptors (Lipinski definition) is 6. The molecule has 0 saturated carbocycles. The number of nitrogens with zero attached hydrogens (tertiary/aromatic N) is 3. The summed E-state index contributed by atoms with van der Waals surface area (Å²) in [5.41, 5.74) is 0. The SMILES string of the molecule is O=C(c1nccs1)C1CCN(C(=O)CSc2ccncc2)CC1. The number of pyridine rings is 1. The molecule has 3 rings (SSSR count). The molecule has 120 valence electrons. The van der Waals surface area contributed by atoms with Crippen LogP contribution in [-0.2, 0) is 4.79 Å². The highest BCUT2D eigenvalue weighted by Gasteiger charge is 2.28. The highest BCUT2D eigenvalue weighted by Crippen LogP contribution is 2.24. The molecule has 1 aliphatic rings. The highest BCUT2D eigenvalue weighted by molar-refractivity contribution is 8.00. The van der Waals surface area contributed by atoms with Crippen LogP contribution in [0.4, 0.5) is 0 Å². The topological polar surface area (TPSA) is 63.2 Å². The Balaban J connectivity index is 1.47. The lowest BCUT2D eigenvalue weighted by Crippen LogP contribution is -2.41. The van der Waals surface area contributed by atoms with Gasteiger partial charge >= 0.3 is 0 Å². The molecular formula is C16H17N3O2S2. The maximum absolute atomic E-state index is 12.3. The Labute approximate surface area is 143 Å². The monoisotopic (exact) mass is 347 g/mol. The molecule has 7 heteroatoms. The lowest BCUT2D eigenvalue weighted by Gasteiger charge is -2.31. The van der Waals surface area contributed by atoms with Crippen molar-refractivity contribution in [3.8, 4) is 0 Å². The van der Waals surface area contributed by atoms with Gasteiger partial charge in [-0.1, -0.05) is 0 Å². The second-order valence-electron chi connectivity index (χ2n) is 5.33. The number of amides is 1. The molecule has 0 bridgehead atoms. The van der Waals surface area contributed by atoms with Crippen LogP contribution in [0.3, 0.4) is 0 Å². The molecule has 0 aromatic carbocycles. The van der Waals surface area contributed by atoms with Crippen molar-refractivity contribution < 1.29 is 9.59 Å². The molecule has 0 atom stereocenters. The van der Waals surface area contributed by atoms with Gasteiger partial charge in [0.05, 0.1) is 5.75 Å². The third kappa shape index (κ3) is 4.17.